The van der Waals surface area contributed by atoms with Crippen molar-refractivity contribution in [2.45, 2.75) is 13.0 Å². The number of nitrogens with zero attached hydrogens (tertiary/aromatic N) is 3. The number of methoxy groups -OCH3 is 1. The Balaban J connectivity index is 2.42. The molecule has 1 amide bonds. The molecule has 0 saturated carbocycles. The van der Waals surface area contributed by atoms with Crippen molar-refractivity contribution < 1.29 is 29.1 Å². The van der Waals surface area contributed by atoms with Gasteiger partial charge in [-0.3, -0.25) is 14.9 Å². The molecule has 1 fully saturated rings. The smallest absolute Gasteiger partial charge is 0.344 e. The number of hydrogen-bond donors (Lipinski definition) is 2. The number of carbonyl (C=O) groups excluding carboxylic acids is 1. The Hall–Kier alpha value is -3.15. The second kappa shape index (κ2) is 8.29. The van der Waals surface area contributed by atoms with E-state index in [0.29, 0.717) is 0 Å². The molecule has 0 radical (unpaired) electrons. The molecule has 26 heavy (non-hydrogen) atoms. The molecule has 0 aromatic heterocycles. The summed E-state index contributed by atoms with van der Waals surface area (Å²) in [5.41, 5.74) is -0.197. The number of carboxylic acids is 1. The maximum Gasteiger partial charge on any atom is 0.344 e. The first-order valence-electron chi connectivity index (χ1n) is 7.11. The Kier molecular flexibility index (Phi) is 6.11. The maximum absolute atomic E-state index is 11.1. The van der Waals surface area contributed by atoms with Crippen molar-refractivity contribution in [1.29, 1.82) is 0 Å². The predicted molar refractivity (Wildman–Crippen MR) is 93.0 cm³/mol. The molecule has 1 aromatic carbocycles. The molecule has 0 bridgehead atoms. The van der Waals surface area contributed by atoms with Gasteiger partial charge >= 0.3 is 5.97 Å². The topological polar surface area (TPSA) is 153 Å². The highest BCUT2D eigenvalue weighted by Crippen LogP contribution is 2.35. The highest BCUT2D eigenvalue weighted by Gasteiger charge is 2.22. The Morgan fingerprint density at radius 2 is 2.27 bits per heavy atom. The zero-order chi connectivity index (χ0) is 19.3. The fourth-order valence-electron chi connectivity index (χ4n) is 1.84. The number of nitro groups is 1. The fourth-order valence-corrected chi connectivity index (χ4v) is 2.47. The Bertz CT molecular complexity index is 809. The van der Waals surface area contributed by atoms with Gasteiger partial charge in [0.15, 0.2) is 22.8 Å². The number of rotatable bonds is 7. The largest absolute Gasteiger partial charge is 0.493 e. The standard InChI is InChI=1S/C14H14N4O7S/c1-7(13(20)21)25-12-8(3-9(18(22)23)4-10(12)24-2)5-15-17-14-16-11(19)6-26-14/h3-5,7H,6H2,1-2H3,(H,20,21)(H,16,17,19). The van der Waals surface area contributed by atoms with E-state index in [1.165, 1.54) is 14.0 Å². The monoisotopic (exact) mass is 382 g/mol. The number of carbonyl (C=O) groups is 2. The number of nitro benzene ring substituents is 1. The van der Waals surface area contributed by atoms with Gasteiger partial charge in [-0.15, -0.1) is 5.10 Å². The van der Waals surface area contributed by atoms with Gasteiger partial charge < -0.3 is 19.9 Å². The van der Waals surface area contributed by atoms with Crippen LogP contribution in [-0.2, 0) is 9.59 Å². The third-order valence-corrected chi connectivity index (χ3v) is 3.94. The van der Waals surface area contributed by atoms with E-state index in [-0.39, 0.29) is 39.6 Å². The number of amidine groups is 1. The van der Waals surface area contributed by atoms with E-state index in [0.717, 1.165) is 30.1 Å². The number of benzene rings is 1. The number of hydrogen-bond acceptors (Lipinski definition) is 9. The summed E-state index contributed by atoms with van der Waals surface area (Å²) in [4.78, 5) is 32.6. The second-order valence-corrected chi connectivity index (χ2v) is 5.87. The number of thioether (sulfide) groups is 1. The number of aliphatic carboxylic acids is 1. The van der Waals surface area contributed by atoms with Crippen LogP contribution in [0.3, 0.4) is 0 Å². The Morgan fingerprint density at radius 1 is 1.54 bits per heavy atom. The van der Waals surface area contributed by atoms with Crippen molar-refractivity contribution in [2.24, 2.45) is 10.2 Å². The summed E-state index contributed by atoms with van der Waals surface area (Å²) in [6, 6.07) is 2.26. The summed E-state index contributed by atoms with van der Waals surface area (Å²) < 4.78 is 10.4. The third kappa shape index (κ3) is 4.69. The zero-order valence-electron chi connectivity index (χ0n) is 13.7. The van der Waals surface area contributed by atoms with Crippen molar-refractivity contribution in [3.05, 3.63) is 27.8 Å². The third-order valence-electron chi connectivity index (χ3n) is 3.07. The van der Waals surface area contributed by atoms with Gasteiger partial charge in [-0.2, -0.15) is 5.10 Å². The number of amides is 1. The Labute approximate surface area is 151 Å². The van der Waals surface area contributed by atoms with Crippen molar-refractivity contribution in [1.82, 2.24) is 5.32 Å². The van der Waals surface area contributed by atoms with Gasteiger partial charge in [0.25, 0.3) is 5.69 Å². The van der Waals surface area contributed by atoms with Crippen LogP contribution in [0.4, 0.5) is 5.69 Å². The summed E-state index contributed by atoms with van der Waals surface area (Å²) in [6.45, 7) is 1.30. The molecule has 138 valence electrons. The van der Waals surface area contributed by atoms with Crippen LogP contribution in [0.2, 0.25) is 0 Å². The molecular formula is C14H14N4O7S. The van der Waals surface area contributed by atoms with Crippen LogP contribution >= 0.6 is 11.8 Å². The second-order valence-electron chi connectivity index (χ2n) is 4.91. The lowest BCUT2D eigenvalue weighted by Gasteiger charge is -2.15. The fraction of sp³-hybridized carbons (Fsp3) is 0.286. The number of carboxylic acid groups (broad SMARTS) is 1. The molecule has 11 nitrogen and oxygen atoms in total. The molecule has 1 atom stereocenters. The average Bonchev–Trinajstić information content (AvgIpc) is 3.00. The van der Waals surface area contributed by atoms with Gasteiger partial charge in [-0.25, -0.2) is 4.79 Å². The van der Waals surface area contributed by atoms with Gasteiger partial charge in [-0.05, 0) is 6.92 Å². The first kappa shape index (κ1) is 19.2. The molecular weight excluding hydrogens is 368 g/mol. The van der Waals surface area contributed by atoms with Crippen molar-refractivity contribution in [3.63, 3.8) is 0 Å². The lowest BCUT2D eigenvalue weighted by molar-refractivity contribution is -0.385. The minimum atomic E-state index is -1.23. The molecule has 1 aliphatic heterocycles. The summed E-state index contributed by atoms with van der Waals surface area (Å²) in [5, 5.41) is 30.4. The van der Waals surface area contributed by atoms with Crippen LogP contribution in [0.1, 0.15) is 12.5 Å². The van der Waals surface area contributed by atoms with E-state index in [2.05, 4.69) is 15.5 Å². The van der Waals surface area contributed by atoms with Gasteiger partial charge in [0.05, 0.1) is 30.1 Å². The van der Waals surface area contributed by atoms with Gasteiger partial charge in [0, 0.05) is 11.6 Å². The van der Waals surface area contributed by atoms with Gasteiger partial charge in [-0.1, -0.05) is 11.8 Å². The minimum Gasteiger partial charge on any atom is -0.493 e. The zero-order valence-corrected chi connectivity index (χ0v) is 14.5. The molecule has 2 rings (SSSR count). The van der Waals surface area contributed by atoms with E-state index in [1.54, 1.807) is 0 Å². The summed E-state index contributed by atoms with van der Waals surface area (Å²) in [6.07, 6.45) is -0.0780. The molecule has 1 aliphatic rings. The summed E-state index contributed by atoms with van der Waals surface area (Å²) in [7, 11) is 1.27. The van der Waals surface area contributed by atoms with Crippen molar-refractivity contribution >= 4 is 40.7 Å². The van der Waals surface area contributed by atoms with E-state index < -0.39 is 17.0 Å². The van der Waals surface area contributed by atoms with Gasteiger partial charge in [0.1, 0.15) is 0 Å². The van der Waals surface area contributed by atoms with Crippen molar-refractivity contribution in [2.75, 3.05) is 12.9 Å². The van der Waals surface area contributed by atoms with Crippen LogP contribution < -0.4 is 14.8 Å². The molecule has 2 N–H and O–H groups in total. The summed E-state index contributed by atoms with van der Waals surface area (Å²) >= 11 is 1.15. The molecule has 1 unspecified atom stereocenters. The lowest BCUT2D eigenvalue weighted by atomic mass is 10.1. The summed E-state index contributed by atoms with van der Waals surface area (Å²) in [5.74, 6) is -1.26. The molecule has 1 heterocycles. The molecule has 0 spiro atoms. The molecule has 1 saturated heterocycles. The van der Waals surface area contributed by atoms with Gasteiger partial charge in [0.2, 0.25) is 5.91 Å². The van der Waals surface area contributed by atoms with Crippen LogP contribution in [-0.4, -0.2) is 52.3 Å². The quantitative estimate of drug-likeness (QED) is 0.402. The van der Waals surface area contributed by atoms with E-state index in [4.69, 9.17) is 14.6 Å². The maximum atomic E-state index is 11.1. The van der Waals surface area contributed by atoms with Crippen LogP contribution in [0.15, 0.2) is 22.3 Å². The number of nitrogens with one attached hydrogen (secondary N) is 1. The molecule has 0 aliphatic carbocycles. The first-order chi connectivity index (χ1) is 12.3. The van der Waals surface area contributed by atoms with Crippen molar-refractivity contribution in [3.8, 4) is 11.5 Å². The van der Waals surface area contributed by atoms with E-state index in [9.17, 15) is 19.7 Å². The number of non-ortho nitro benzene ring substituents is 1. The Morgan fingerprint density at radius 3 is 2.81 bits per heavy atom. The number of ether oxygens (including phenoxy) is 2. The minimum absolute atomic E-state index is 0.0232. The van der Waals surface area contributed by atoms with Crippen LogP contribution in [0.5, 0.6) is 11.5 Å². The normalized spacial score (nSPS) is 16.5. The highest BCUT2D eigenvalue weighted by molar-refractivity contribution is 8.15. The lowest BCUT2D eigenvalue weighted by Crippen LogP contribution is -2.23. The van der Waals surface area contributed by atoms with Crippen LogP contribution in [0.25, 0.3) is 0 Å². The average molecular weight is 382 g/mol. The first-order valence-corrected chi connectivity index (χ1v) is 8.10. The van der Waals surface area contributed by atoms with E-state index >= 15 is 0 Å². The SMILES string of the molecule is COc1cc([N+](=O)[O-])cc(C=NN=C2NC(=O)CS2)c1OC(C)C(=O)O. The predicted octanol–water partition coefficient (Wildman–Crippen LogP) is 1.01. The van der Waals surface area contributed by atoms with Crippen LogP contribution in [0, 0.1) is 10.1 Å². The highest BCUT2D eigenvalue weighted by atomic mass is 32.2. The molecule has 1 aromatic rings. The van der Waals surface area contributed by atoms with E-state index in [1.807, 2.05) is 0 Å². The molecule has 12 heteroatoms.